The molecule has 0 radical (unpaired) electrons. The van der Waals surface area contributed by atoms with Crippen LogP contribution in [0.1, 0.15) is 23.5 Å². The first-order valence-electron chi connectivity index (χ1n) is 5.56. The van der Waals surface area contributed by atoms with Crippen LogP contribution in [0, 0.1) is 6.92 Å². The summed E-state index contributed by atoms with van der Waals surface area (Å²) in [4.78, 5) is 18.1. The van der Waals surface area contributed by atoms with E-state index >= 15 is 0 Å². The summed E-state index contributed by atoms with van der Waals surface area (Å²) in [6.45, 7) is 3.55. The van der Waals surface area contributed by atoms with E-state index in [0.717, 1.165) is 30.1 Å². The Kier molecular flexibility index (Phi) is 7.78. The normalized spacial score (nSPS) is 17.8. The number of halogens is 2. The lowest BCUT2D eigenvalue weighted by Gasteiger charge is -2.20. The minimum atomic E-state index is 0. The maximum Gasteiger partial charge on any atom is 0.239 e. The summed E-state index contributed by atoms with van der Waals surface area (Å²) in [6, 6.07) is 0.0183. The van der Waals surface area contributed by atoms with Gasteiger partial charge in [-0.05, 0) is 26.3 Å². The van der Waals surface area contributed by atoms with Crippen LogP contribution in [0.25, 0.3) is 0 Å². The van der Waals surface area contributed by atoms with Gasteiger partial charge in [0, 0.05) is 12.4 Å². The van der Waals surface area contributed by atoms with Crippen LogP contribution in [0.2, 0.25) is 0 Å². The molecule has 2 rings (SSSR count). The largest absolute Gasteiger partial charge is 0.338 e. The van der Waals surface area contributed by atoms with Gasteiger partial charge in [0.05, 0.1) is 23.3 Å². The number of aromatic nitrogens is 1. The first kappa shape index (κ1) is 17.6. The highest BCUT2D eigenvalue weighted by molar-refractivity contribution is 7.09. The molecule has 0 saturated carbocycles. The number of hydrogen-bond acceptors (Lipinski definition) is 4. The first-order valence-corrected chi connectivity index (χ1v) is 6.44. The Morgan fingerprint density at radius 2 is 2.33 bits per heavy atom. The average molecular weight is 312 g/mol. The van der Waals surface area contributed by atoms with Gasteiger partial charge in [-0.1, -0.05) is 0 Å². The quantitative estimate of drug-likeness (QED) is 0.928. The number of aryl methyl sites for hydroxylation is 1. The van der Waals surface area contributed by atoms with Crippen molar-refractivity contribution < 1.29 is 4.79 Å². The van der Waals surface area contributed by atoms with Crippen LogP contribution in [0.5, 0.6) is 0 Å². The maximum atomic E-state index is 12.0. The SMILES string of the molecule is Cc1nc(CN(C)C(=O)C2CCCN2)cs1.Cl.Cl. The minimum absolute atomic E-state index is 0. The zero-order chi connectivity index (χ0) is 11.5. The summed E-state index contributed by atoms with van der Waals surface area (Å²) >= 11 is 1.63. The summed E-state index contributed by atoms with van der Waals surface area (Å²) in [7, 11) is 1.84. The molecule has 1 fully saturated rings. The first-order chi connectivity index (χ1) is 7.66. The van der Waals surface area contributed by atoms with Crippen LogP contribution < -0.4 is 5.32 Å². The Hall–Kier alpha value is -0.360. The molecule has 4 nitrogen and oxygen atoms in total. The van der Waals surface area contributed by atoms with Crippen molar-refractivity contribution in [3.63, 3.8) is 0 Å². The number of hydrogen-bond donors (Lipinski definition) is 1. The van der Waals surface area contributed by atoms with Gasteiger partial charge in [-0.3, -0.25) is 4.79 Å². The molecule has 18 heavy (non-hydrogen) atoms. The van der Waals surface area contributed by atoms with Crippen LogP contribution in [-0.4, -0.2) is 35.4 Å². The molecule has 0 aliphatic carbocycles. The molecule has 1 aliphatic heterocycles. The van der Waals surface area contributed by atoms with Gasteiger partial charge in [0.2, 0.25) is 5.91 Å². The number of likely N-dealkylation sites (N-methyl/N-ethyl adjacent to an activating group) is 1. The molecular formula is C11H19Cl2N3OS. The molecule has 7 heteroatoms. The third-order valence-corrected chi connectivity index (χ3v) is 3.62. The van der Waals surface area contributed by atoms with Crippen LogP contribution >= 0.6 is 36.2 Å². The van der Waals surface area contributed by atoms with Crippen LogP contribution in [0.3, 0.4) is 0 Å². The van der Waals surface area contributed by atoms with E-state index in [1.54, 1.807) is 16.2 Å². The number of amides is 1. The van der Waals surface area contributed by atoms with E-state index in [0.29, 0.717) is 6.54 Å². The summed E-state index contributed by atoms with van der Waals surface area (Å²) in [5.41, 5.74) is 0.983. The molecule has 0 bridgehead atoms. The predicted molar refractivity (Wildman–Crippen MR) is 78.8 cm³/mol. The van der Waals surface area contributed by atoms with Gasteiger partial charge >= 0.3 is 0 Å². The Bertz CT molecular complexity index is 380. The van der Waals surface area contributed by atoms with E-state index < -0.39 is 0 Å². The summed E-state index contributed by atoms with van der Waals surface area (Å²) in [5.74, 6) is 0.183. The van der Waals surface area contributed by atoms with Gasteiger partial charge in [0.15, 0.2) is 0 Å². The molecule has 1 aromatic heterocycles. The fourth-order valence-electron chi connectivity index (χ4n) is 1.96. The third-order valence-electron chi connectivity index (χ3n) is 2.80. The smallest absolute Gasteiger partial charge is 0.239 e. The van der Waals surface area contributed by atoms with Crippen molar-refractivity contribution in [2.24, 2.45) is 0 Å². The highest BCUT2D eigenvalue weighted by Gasteiger charge is 2.25. The van der Waals surface area contributed by atoms with E-state index in [4.69, 9.17) is 0 Å². The molecule has 1 atom stereocenters. The number of nitrogens with one attached hydrogen (secondary N) is 1. The Labute approximate surface area is 124 Å². The lowest BCUT2D eigenvalue weighted by Crippen LogP contribution is -2.41. The molecule has 1 amide bonds. The summed E-state index contributed by atoms with van der Waals surface area (Å²) in [5, 5.41) is 6.29. The molecule has 0 spiro atoms. The lowest BCUT2D eigenvalue weighted by atomic mass is 10.2. The number of carbonyl (C=O) groups excluding carboxylic acids is 1. The van der Waals surface area contributed by atoms with E-state index in [9.17, 15) is 4.79 Å². The Morgan fingerprint density at radius 3 is 2.83 bits per heavy atom. The number of nitrogens with zero attached hydrogens (tertiary/aromatic N) is 2. The molecule has 1 aromatic rings. The maximum absolute atomic E-state index is 12.0. The zero-order valence-electron chi connectivity index (χ0n) is 10.5. The molecule has 1 aliphatic rings. The van der Waals surface area contributed by atoms with Crippen molar-refractivity contribution in [2.45, 2.75) is 32.4 Å². The van der Waals surface area contributed by atoms with Crippen LogP contribution in [0.4, 0.5) is 0 Å². The van der Waals surface area contributed by atoms with E-state index in [1.807, 2.05) is 19.4 Å². The van der Waals surface area contributed by atoms with Gasteiger partial charge in [-0.25, -0.2) is 4.98 Å². The van der Waals surface area contributed by atoms with Crippen molar-refractivity contribution in [2.75, 3.05) is 13.6 Å². The molecule has 1 N–H and O–H groups in total. The molecular weight excluding hydrogens is 293 g/mol. The van der Waals surface area contributed by atoms with Crippen LogP contribution in [-0.2, 0) is 11.3 Å². The second-order valence-electron chi connectivity index (χ2n) is 4.20. The van der Waals surface area contributed by atoms with Crippen LogP contribution in [0.15, 0.2) is 5.38 Å². The minimum Gasteiger partial charge on any atom is -0.338 e. The lowest BCUT2D eigenvalue weighted by molar-refractivity contribution is -0.132. The molecule has 1 unspecified atom stereocenters. The highest BCUT2D eigenvalue weighted by atomic mass is 35.5. The predicted octanol–water partition coefficient (Wildman–Crippen LogP) is 2.01. The fourth-order valence-corrected chi connectivity index (χ4v) is 2.57. The van der Waals surface area contributed by atoms with Crippen molar-refractivity contribution in [1.82, 2.24) is 15.2 Å². The van der Waals surface area contributed by atoms with E-state index in [-0.39, 0.29) is 36.8 Å². The van der Waals surface area contributed by atoms with Crippen molar-refractivity contribution in [3.05, 3.63) is 16.1 Å². The average Bonchev–Trinajstić information content (AvgIpc) is 2.88. The summed E-state index contributed by atoms with van der Waals surface area (Å²) in [6.07, 6.45) is 2.05. The molecule has 0 aromatic carbocycles. The van der Waals surface area contributed by atoms with Crippen molar-refractivity contribution in [3.8, 4) is 0 Å². The topological polar surface area (TPSA) is 45.2 Å². The monoisotopic (exact) mass is 311 g/mol. The number of thiazole rings is 1. The highest BCUT2D eigenvalue weighted by Crippen LogP contribution is 2.12. The van der Waals surface area contributed by atoms with E-state index in [1.165, 1.54) is 0 Å². The van der Waals surface area contributed by atoms with E-state index in [2.05, 4.69) is 10.3 Å². The van der Waals surface area contributed by atoms with Gasteiger partial charge in [0.1, 0.15) is 0 Å². The standard InChI is InChI=1S/C11H17N3OS.2ClH/c1-8-13-9(7-16-8)6-14(2)11(15)10-4-3-5-12-10;;/h7,10,12H,3-6H2,1-2H3;2*1H. The van der Waals surface area contributed by atoms with Gasteiger partial charge in [0.25, 0.3) is 0 Å². The molecule has 2 heterocycles. The zero-order valence-corrected chi connectivity index (χ0v) is 13.0. The third kappa shape index (κ3) is 4.39. The van der Waals surface area contributed by atoms with Gasteiger partial charge in [-0.2, -0.15) is 0 Å². The Balaban J connectivity index is 0.00000144. The number of carbonyl (C=O) groups is 1. The Morgan fingerprint density at radius 1 is 1.61 bits per heavy atom. The number of rotatable bonds is 3. The molecule has 1 saturated heterocycles. The summed E-state index contributed by atoms with van der Waals surface area (Å²) < 4.78 is 0. The second kappa shape index (κ2) is 7.94. The second-order valence-corrected chi connectivity index (χ2v) is 5.26. The van der Waals surface area contributed by atoms with Gasteiger partial charge in [-0.15, -0.1) is 36.2 Å². The van der Waals surface area contributed by atoms with Gasteiger partial charge < -0.3 is 10.2 Å². The van der Waals surface area contributed by atoms with Crippen molar-refractivity contribution >= 4 is 42.1 Å². The molecule has 104 valence electrons. The fraction of sp³-hybridized carbons (Fsp3) is 0.636. The van der Waals surface area contributed by atoms with Crippen molar-refractivity contribution in [1.29, 1.82) is 0 Å².